The second kappa shape index (κ2) is 7.97. The quantitative estimate of drug-likeness (QED) is 0.508. The fourth-order valence-corrected chi connectivity index (χ4v) is 3.74. The summed E-state index contributed by atoms with van der Waals surface area (Å²) in [5, 5.41) is 22.4. The Kier molecular flexibility index (Phi) is 5.49. The Morgan fingerprint density at radius 2 is 2.17 bits per heavy atom. The van der Waals surface area contributed by atoms with E-state index in [9.17, 15) is 4.79 Å². The summed E-state index contributed by atoms with van der Waals surface area (Å²) in [7, 11) is 0. The van der Waals surface area contributed by atoms with Crippen molar-refractivity contribution in [2.75, 3.05) is 11.1 Å². The largest absolute Gasteiger partial charge is 0.299 e. The Bertz CT molecular complexity index is 776. The van der Waals surface area contributed by atoms with Gasteiger partial charge in [-0.3, -0.25) is 10.1 Å². The Morgan fingerprint density at radius 1 is 1.33 bits per heavy atom. The van der Waals surface area contributed by atoms with Gasteiger partial charge in [-0.1, -0.05) is 60.4 Å². The molecular weight excluding hydrogens is 346 g/mol. The molecule has 8 nitrogen and oxygen atoms in total. The van der Waals surface area contributed by atoms with Crippen LogP contribution in [0.1, 0.15) is 18.5 Å². The molecule has 0 saturated heterocycles. The number of benzene rings is 1. The Labute approximate surface area is 146 Å². The topological polar surface area (TPSA) is 98.5 Å². The normalized spacial score (nSPS) is 12.0. The van der Waals surface area contributed by atoms with Crippen LogP contribution in [-0.2, 0) is 11.2 Å². The summed E-state index contributed by atoms with van der Waals surface area (Å²) < 4.78 is 2.28. The van der Waals surface area contributed by atoms with Gasteiger partial charge < -0.3 is 0 Å². The van der Waals surface area contributed by atoms with Gasteiger partial charge in [-0.15, -0.1) is 15.3 Å². The first-order valence-corrected chi connectivity index (χ1v) is 9.10. The summed E-state index contributed by atoms with van der Waals surface area (Å²) in [5.74, 6) is 0.680. The van der Waals surface area contributed by atoms with Crippen LogP contribution in [0.3, 0.4) is 0 Å². The van der Waals surface area contributed by atoms with Crippen molar-refractivity contribution in [3.63, 3.8) is 0 Å². The number of hydrogen-bond acceptors (Lipinski definition) is 8. The molecule has 0 radical (unpaired) electrons. The van der Waals surface area contributed by atoms with Crippen LogP contribution in [0.2, 0.25) is 0 Å². The Balaban J connectivity index is 1.75. The van der Waals surface area contributed by atoms with Crippen LogP contribution >= 0.6 is 23.1 Å². The Hall–Kier alpha value is -2.33. The minimum Gasteiger partial charge on any atom is -0.299 e. The molecule has 0 spiro atoms. The number of anilines is 1. The molecule has 10 heteroatoms. The van der Waals surface area contributed by atoms with E-state index in [-0.39, 0.29) is 5.91 Å². The van der Waals surface area contributed by atoms with Crippen LogP contribution < -0.4 is 5.32 Å². The van der Waals surface area contributed by atoms with E-state index in [1.807, 2.05) is 37.3 Å². The number of nitrogens with one attached hydrogen (secondary N) is 1. The van der Waals surface area contributed by atoms with Gasteiger partial charge in [-0.05, 0) is 21.7 Å². The second-order valence-corrected chi connectivity index (χ2v) is 7.28. The molecule has 0 aliphatic carbocycles. The summed E-state index contributed by atoms with van der Waals surface area (Å²) >= 11 is 2.94. The van der Waals surface area contributed by atoms with Gasteiger partial charge in [-0.25, -0.2) is 4.68 Å². The lowest BCUT2D eigenvalue weighted by atomic mass is 10.1. The molecule has 0 aliphatic rings. The fraction of sp³-hybridized carbons (Fsp3) is 0.286. The standard InChI is InChI=1S/C14H15N7OS2/c1-2-23-14-18-17-13(24-14)16-12(22)11(21-9-15-19-20-21)8-10-6-4-3-5-7-10/h3-7,9,11H,2,8H2,1H3,(H,16,17,22)/t11-/m1/s1. The van der Waals surface area contributed by atoms with E-state index in [2.05, 4.69) is 31.0 Å². The zero-order chi connectivity index (χ0) is 16.8. The molecule has 2 aromatic heterocycles. The number of tetrazole rings is 1. The third-order valence-corrected chi connectivity index (χ3v) is 5.02. The summed E-state index contributed by atoms with van der Waals surface area (Å²) in [6, 6.07) is 9.17. The maximum Gasteiger partial charge on any atom is 0.251 e. The number of aromatic nitrogens is 6. The summed E-state index contributed by atoms with van der Waals surface area (Å²) in [4.78, 5) is 12.7. The van der Waals surface area contributed by atoms with Crippen LogP contribution in [0.15, 0.2) is 41.0 Å². The second-order valence-electron chi connectivity index (χ2n) is 4.79. The predicted molar refractivity (Wildman–Crippen MR) is 91.9 cm³/mol. The van der Waals surface area contributed by atoms with Crippen molar-refractivity contribution in [1.29, 1.82) is 0 Å². The van der Waals surface area contributed by atoms with E-state index in [1.165, 1.54) is 22.3 Å². The molecule has 24 heavy (non-hydrogen) atoms. The molecule has 0 fully saturated rings. The predicted octanol–water partition coefficient (Wildman–Crippen LogP) is 2.06. The summed E-state index contributed by atoms with van der Waals surface area (Å²) in [6.07, 6.45) is 1.92. The number of amides is 1. The van der Waals surface area contributed by atoms with Crippen molar-refractivity contribution in [1.82, 2.24) is 30.4 Å². The van der Waals surface area contributed by atoms with E-state index >= 15 is 0 Å². The molecule has 124 valence electrons. The zero-order valence-corrected chi connectivity index (χ0v) is 14.5. The average Bonchev–Trinajstić information content (AvgIpc) is 3.26. The summed E-state index contributed by atoms with van der Waals surface area (Å²) in [5.41, 5.74) is 1.02. The third-order valence-electron chi connectivity index (χ3n) is 3.16. The van der Waals surface area contributed by atoms with Gasteiger partial charge in [0.25, 0.3) is 5.91 Å². The first kappa shape index (κ1) is 16.5. The molecule has 1 N–H and O–H groups in total. The van der Waals surface area contributed by atoms with Crippen LogP contribution in [0.25, 0.3) is 0 Å². The zero-order valence-electron chi connectivity index (χ0n) is 12.9. The van der Waals surface area contributed by atoms with Crippen LogP contribution in [0.5, 0.6) is 0 Å². The van der Waals surface area contributed by atoms with Crippen molar-refractivity contribution in [3.8, 4) is 0 Å². The minimum absolute atomic E-state index is 0.227. The van der Waals surface area contributed by atoms with Gasteiger partial charge in [0.05, 0.1) is 0 Å². The van der Waals surface area contributed by atoms with Crippen molar-refractivity contribution in [2.45, 2.75) is 23.7 Å². The van der Waals surface area contributed by atoms with E-state index in [0.29, 0.717) is 11.6 Å². The lowest BCUT2D eigenvalue weighted by molar-refractivity contribution is -0.119. The number of rotatable bonds is 7. The van der Waals surface area contributed by atoms with E-state index in [4.69, 9.17) is 0 Å². The lowest BCUT2D eigenvalue weighted by Gasteiger charge is -2.15. The van der Waals surface area contributed by atoms with Gasteiger partial charge in [0.15, 0.2) is 4.34 Å². The molecule has 3 aromatic rings. The molecule has 0 saturated carbocycles. The smallest absolute Gasteiger partial charge is 0.251 e. The third kappa shape index (κ3) is 4.15. The molecule has 2 heterocycles. The number of thioether (sulfide) groups is 1. The molecule has 0 unspecified atom stereocenters. The highest BCUT2D eigenvalue weighted by atomic mass is 32.2. The van der Waals surface area contributed by atoms with Gasteiger partial charge in [0.1, 0.15) is 12.4 Å². The van der Waals surface area contributed by atoms with Crippen LogP contribution in [0.4, 0.5) is 5.13 Å². The van der Waals surface area contributed by atoms with Crippen molar-refractivity contribution in [3.05, 3.63) is 42.2 Å². The number of nitrogens with zero attached hydrogens (tertiary/aromatic N) is 6. The van der Waals surface area contributed by atoms with Gasteiger partial charge in [-0.2, -0.15) is 0 Å². The highest BCUT2D eigenvalue weighted by Gasteiger charge is 2.23. The number of carbonyl (C=O) groups is 1. The monoisotopic (exact) mass is 361 g/mol. The maximum atomic E-state index is 12.7. The molecule has 0 bridgehead atoms. The first-order valence-electron chi connectivity index (χ1n) is 7.30. The summed E-state index contributed by atoms with van der Waals surface area (Å²) in [6.45, 7) is 2.04. The average molecular weight is 361 g/mol. The van der Waals surface area contributed by atoms with Gasteiger partial charge >= 0.3 is 0 Å². The van der Waals surface area contributed by atoms with Crippen molar-refractivity contribution >= 4 is 34.1 Å². The molecule has 1 amide bonds. The van der Waals surface area contributed by atoms with Crippen LogP contribution in [-0.4, -0.2) is 42.1 Å². The highest BCUT2D eigenvalue weighted by molar-refractivity contribution is 8.01. The van der Waals surface area contributed by atoms with Gasteiger partial charge in [0, 0.05) is 6.42 Å². The first-order chi connectivity index (χ1) is 11.8. The van der Waals surface area contributed by atoms with E-state index in [0.717, 1.165) is 15.7 Å². The molecule has 1 atom stereocenters. The minimum atomic E-state index is -0.562. The number of carbonyl (C=O) groups excluding carboxylic acids is 1. The number of hydrogen-bond donors (Lipinski definition) is 1. The van der Waals surface area contributed by atoms with Gasteiger partial charge in [0.2, 0.25) is 5.13 Å². The SMILES string of the molecule is CCSc1nnc(NC(=O)[C@@H](Cc2ccccc2)n2cnnn2)s1. The Morgan fingerprint density at radius 3 is 2.88 bits per heavy atom. The van der Waals surface area contributed by atoms with E-state index in [1.54, 1.807) is 11.8 Å². The lowest BCUT2D eigenvalue weighted by Crippen LogP contribution is -2.28. The maximum absolute atomic E-state index is 12.7. The molecule has 0 aliphatic heterocycles. The van der Waals surface area contributed by atoms with Crippen molar-refractivity contribution in [2.24, 2.45) is 0 Å². The highest BCUT2D eigenvalue weighted by Crippen LogP contribution is 2.26. The van der Waals surface area contributed by atoms with Crippen molar-refractivity contribution < 1.29 is 4.79 Å². The molecular formula is C14H15N7OS2. The molecule has 3 rings (SSSR count). The van der Waals surface area contributed by atoms with E-state index < -0.39 is 6.04 Å². The molecule has 1 aromatic carbocycles. The fourth-order valence-electron chi connectivity index (χ4n) is 2.09. The van der Waals surface area contributed by atoms with Crippen LogP contribution in [0, 0.1) is 0 Å².